The maximum atomic E-state index is 12.9. The minimum absolute atomic E-state index is 0.0685. The van der Waals surface area contributed by atoms with Gasteiger partial charge in [0.15, 0.2) is 0 Å². The number of benzene rings is 1. The molecule has 9 heteroatoms. The molecule has 0 spiro atoms. The number of rotatable bonds is 2. The Morgan fingerprint density at radius 1 is 1.04 bits per heavy atom. The zero-order valence-corrected chi connectivity index (χ0v) is 11.9. The van der Waals surface area contributed by atoms with E-state index in [0.29, 0.717) is 12.1 Å². The minimum Gasteiger partial charge on any atom is -0.469 e. The number of ether oxygens (including phenoxy) is 1. The number of nitrogens with one attached hydrogen (secondary N) is 1. The van der Waals surface area contributed by atoms with E-state index in [4.69, 9.17) is 0 Å². The Balaban J connectivity index is 2.51. The van der Waals surface area contributed by atoms with Crippen molar-refractivity contribution >= 4 is 5.97 Å². The van der Waals surface area contributed by atoms with Crippen LogP contribution in [0.25, 0.3) is 0 Å². The van der Waals surface area contributed by atoms with Gasteiger partial charge < -0.3 is 10.1 Å². The third kappa shape index (κ3) is 3.77. The average molecular weight is 341 g/mol. The van der Waals surface area contributed by atoms with Gasteiger partial charge in [-0.05, 0) is 23.8 Å². The fourth-order valence-electron chi connectivity index (χ4n) is 2.62. The lowest BCUT2D eigenvalue weighted by Gasteiger charge is -2.20. The van der Waals surface area contributed by atoms with Crippen molar-refractivity contribution < 1.29 is 35.9 Å². The van der Waals surface area contributed by atoms with Crippen molar-refractivity contribution in [3.8, 4) is 0 Å². The summed E-state index contributed by atoms with van der Waals surface area (Å²) in [5, 5.41) is 2.79. The number of methoxy groups -OCH3 is 1. The molecular formula is C14H13F6NO2. The lowest BCUT2D eigenvalue weighted by Crippen LogP contribution is -2.23. The van der Waals surface area contributed by atoms with Crippen LogP contribution < -0.4 is 5.32 Å². The lowest BCUT2D eigenvalue weighted by atomic mass is 9.87. The van der Waals surface area contributed by atoms with E-state index in [1.807, 2.05) is 0 Å². The molecule has 1 aliphatic rings. The highest BCUT2D eigenvalue weighted by Crippen LogP contribution is 2.39. The predicted octanol–water partition coefficient (Wildman–Crippen LogP) is 3.20. The van der Waals surface area contributed by atoms with E-state index in [9.17, 15) is 31.1 Å². The SMILES string of the molecule is COC(=O)[C@H]1CNC[C@@H]1c1cc(C(F)(F)F)cc(C(F)(F)F)c1. The van der Waals surface area contributed by atoms with E-state index < -0.39 is 41.3 Å². The predicted molar refractivity (Wildman–Crippen MR) is 67.6 cm³/mol. The monoisotopic (exact) mass is 341 g/mol. The van der Waals surface area contributed by atoms with Crippen LogP contribution in [0, 0.1) is 5.92 Å². The molecule has 1 aromatic rings. The Bertz CT molecular complexity index is 564. The zero-order valence-electron chi connectivity index (χ0n) is 11.9. The molecule has 1 saturated heterocycles. The quantitative estimate of drug-likeness (QED) is 0.663. The smallest absolute Gasteiger partial charge is 0.416 e. The summed E-state index contributed by atoms with van der Waals surface area (Å²) in [5.74, 6) is -2.32. The molecule has 0 amide bonds. The van der Waals surface area contributed by atoms with Crippen LogP contribution in [-0.4, -0.2) is 26.2 Å². The molecule has 0 radical (unpaired) electrons. The minimum atomic E-state index is -4.91. The summed E-state index contributed by atoms with van der Waals surface area (Å²) in [7, 11) is 1.12. The van der Waals surface area contributed by atoms with Crippen molar-refractivity contribution in [1.82, 2.24) is 5.32 Å². The fourth-order valence-corrected chi connectivity index (χ4v) is 2.62. The van der Waals surface area contributed by atoms with Crippen molar-refractivity contribution in [2.75, 3.05) is 20.2 Å². The van der Waals surface area contributed by atoms with Crippen LogP contribution in [0.15, 0.2) is 18.2 Å². The summed E-state index contributed by atoms with van der Waals surface area (Å²) in [4.78, 5) is 11.7. The van der Waals surface area contributed by atoms with E-state index in [1.165, 1.54) is 0 Å². The highest BCUT2D eigenvalue weighted by molar-refractivity contribution is 5.74. The highest BCUT2D eigenvalue weighted by atomic mass is 19.4. The molecule has 1 heterocycles. The van der Waals surface area contributed by atoms with Gasteiger partial charge in [0.1, 0.15) is 0 Å². The number of carbonyl (C=O) groups excluding carboxylic acids is 1. The summed E-state index contributed by atoms with van der Waals surface area (Å²) in [6.07, 6.45) is -9.83. The molecule has 23 heavy (non-hydrogen) atoms. The van der Waals surface area contributed by atoms with Crippen molar-refractivity contribution in [3.63, 3.8) is 0 Å². The van der Waals surface area contributed by atoms with E-state index in [-0.39, 0.29) is 24.7 Å². The van der Waals surface area contributed by atoms with Gasteiger partial charge in [0.05, 0.1) is 24.2 Å². The van der Waals surface area contributed by atoms with Gasteiger partial charge in [-0.3, -0.25) is 4.79 Å². The van der Waals surface area contributed by atoms with E-state index >= 15 is 0 Å². The Kier molecular flexibility index (Phi) is 4.61. The van der Waals surface area contributed by atoms with Crippen LogP contribution in [0.4, 0.5) is 26.3 Å². The molecule has 1 fully saturated rings. The molecular weight excluding hydrogens is 328 g/mol. The molecule has 2 rings (SSSR count). The van der Waals surface area contributed by atoms with E-state index in [2.05, 4.69) is 10.1 Å². The molecule has 0 saturated carbocycles. The first kappa shape index (κ1) is 17.6. The van der Waals surface area contributed by atoms with Crippen LogP contribution in [0.2, 0.25) is 0 Å². The van der Waals surface area contributed by atoms with Gasteiger partial charge in [-0.2, -0.15) is 26.3 Å². The lowest BCUT2D eigenvalue weighted by molar-refractivity contribution is -0.145. The second kappa shape index (κ2) is 6.03. The van der Waals surface area contributed by atoms with Gasteiger partial charge in [-0.1, -0.05) is 0 Å². The first-order valence-corrected chi connectivity index (χ1v) is 6.62. The van der Waals surface area contributed by atoms with Crippen molar-refractivity contribution in [1.29, 1.82) is 0 Å². The molecule has 128 valence electrons. The molecule has 0 bridgehead atoms. The first-order valence-electron chi connectivity index (χ1n) is 6.62. The maximum absolute atomic E-state index is 12.9. The Morgan fingerprint density at radius 3 is 2.00 bits per heavy atom. The highest BCUT2D eigenvalue weighted by Gasteiger charge is 2.40. The zero-order chi connectivity index (χ0) is 17.4. The number of hydrogen-bond donors (Lipinski definition) is 1. The van der Waals surface area contributed by atoms with Gasteiger partial charge in [0.25, 0.3) is 0 Å². The maximum Gasteiger partial charge on any atom is 0.416 e. The number of carbonyl (C=O) groups is 1. The summed E-state index contributed by atoms with van der Waals surface area (Å²) < 4.78 is 81.8. The molecule has 0 aromatic heterocycles. The Morgan fingerprint density at radius 2 is 1.57 bits per heavy atom. The molecule has 0 aliphatic carbocycles. The summed E-state index contributed by atoms with van der Waals surface area (Å²) >= 11 is 0. The van der Waals surface area contributed by atoms with Gasteiger partial charge in [0.2, 0.25) is 0 Å². The Labute approximate surface area is 127 Å². The summed E-state index contributed by atoms with van der Waals surface area (Å²) in [6, 6.07) is 1.38. The average Bonchev–Trinajstić information content (AvgIpc) is 2.93. The standard InChI is InChI=1S/C14H13F6NO2/c1-23-12(22)11-6-21-5-10(11)7-2-8(13(15,16)17)4-9(3-7)14(18,19)20/h2-4,10-11,21H,5-6H2,1H3/t10-,11+/m1/s1. The normalized spacial score (nSPS) is 22.2. The van der Waals surface area contributed by atoms with E-state index in [1.54, 1.807) is 0 Å². The van der Waals surface area contributed by atoms with Gasteiger partial charge in [-0.15, -0.1) is 0 Å². The van der Waals surface area contributed by atoms with Crippen LogP contribution in [-0.2, 0) is 21.9 Å². The molecule has 1 aromatic carbocycles. The summed E-state index contributed by atoms with van der Waals surface area (Å²) in [6.45, 7) is 0.229. The molecule has 3 nitrogen and oxygen atoms in total. The number of halogens is 6. The van der Waals surface area contributed by atoms with Gasteiger partial charge in [-0.25, -0.2) is 0 Å². The molecule has 1 aliphatic heterocycles. The number of hydrogen-bond acceptors (Lipinski definition) is 3. The van der Waals surface area contributed by atoms with Crippen LogP contribution in [0.1, 0.15) is 22.6 Å². The molecule has 1 N–H and O–H groups in total. The van der Waals surface area contributed by atoms with Crippen molar-refractivity contribution in [3.05, 3.63) is 34.9 Å². The van der Waals surface area contributed by atoms with Crippen LogP contribution in [0.3, 0.4) is 0 Å². The van der Waals surface area contributed by atoms with Crippen molar-refractivity contribution in [2.24, 2.45) is 5.92 Å². The third-order valence-corrected chi connectivity index (χ3v) is 3.76. The molecule has 2 atom stereocenters. The van der Waals surface area contributed by atoms with Crippen LogP contribution >= 0.6 is 0 Å². The second-order valence-electron chi connectivity index (χ2n) is 5.23. The summed E-state index contributed by atoms with van der Waals surface area (Å²) in [5.41, 5.74) is -2.97. The van der Waals surface area contributed by atoms with Gasteiger partial charge >= 0.3 is 18.3 Å². The largest absolute Gasteiger partial charge is 0.469 e. The number of alkyl halides is 6. The fraction of sp³-hybridized carbons (Fsp3) is 0.500. The topological polar surface area (TPSA) is 38.3 Å². The van der Waals surface area contributed by atoms with Gasteiger partial charge in [0, 0.05) is 19.0 Å². The first-order chi connectivity index (χ1) is 10.5. The molecule has 0 unspecified atom stereocenters. The van der Waals surface area contributed by atoms with E-state index in [0.717, 1.165) is 7.11 Å². The Hall–Kier alpha value is -1.77. The van der Waals surface area contributed by atoms with Crippen molar-refractivity contribution in [2.45, 2.75) is 18.3 Å². The van der Waals surface area contributed by atoms with Crippen LogP contribution in [0.5, 0.6) is 0 Å². The third-order valence-electron chi connectivity index (χ3n) is 3.76. The number of esters is 1. The second-order valence-corrected chi connectivity index (χ2v) is 5.23.